The van der Waals surface area contributed by atoms with Crippen molar-refractivity contribution >= 4 is 11.5 Å². The van der Waals surface area contributed by atoms with Gasteiger partial charge < -0.3 is 5.73 Å². The standard InChI is InChI=1S/C11H14N4S/c1-2-10-11(16-15-14-10)9(12)6-8-4-3-5-13-7-8/h3-5,7,9H,2,6,12H2,1H3. The van der Waals surface area contributed by atoms with Gasteiger partial charge >= 0.3 is 0 Å². The zero-order chi connectivity index (χ0) is 11.4. The molecule has 84 valence electrons. The molecule has 0 fully saturated rings. The Balaban J connectivity index is 2.11. The Kier molecular flexibility index (Phi) is 3.58. The molecule has 0 aliphatic rings. The third kappa shape index (κ3) is 2.43. The van der Waals surface area contributed by atoms with E-state index < -0.39 is 0 Å². The van der Waals surface area contributed by atoms with Crippen LogP contribution in [0.1, 0.15) is 29.1 Å². The molecule has 2 aromatic heterocycles. The Morgan fingerprint density at radius 1 is 1.50 bits per heavy atom. The van der Waals surface area contributed by atoms with Gasteiger partial charge in [0, 0.05) is 18.4 Å². The first-order chi connectivity index (χ1) is 7.81. The highest BCUT2D eigenvalue weighted by atomic mass is 32.1. The molecule has 16 heavy (non-hydrogen) atoms. The number of aryl methyl sites for hydroxylation is 1. The molecule has 0 aliphatic heterocycles. The number of rotatable bonds is 4. The van der Waals surface area contributed by atoms with E-state index in [4.69, 9.17) is 5.73 Å². The lowest BCUT2D eigenvalue weighted by atomic mass is 10.1. The van der Waals surface area contributed by atoms with E-state index in [-0.39, 0.29) is 6.04 Å². The molecule has 0 aliphatic carbocycles. The fraction of sp³-hybridized carbons (Fsp3) is 0.364. The predicted octanol–water partition coefficient (Wildman–Crippen LogP) is 1.74. The van der Waals surface area contributed by atoms with Crippen LogP contribution in [0.2, 0.25) is 0 Å². The lowest BCUT2D eigenvalue weighted by Gasteiger charge is -2.09. The van der Waals surface area contributed by atoms with Crippen molar-refractivity contribution in [2.45, 2.75) is 25.8 Å². The second-order valence-corrected chi connectivity index (χ2v) is 4.40. The smallest absolute Gasteiger partial charge is 0.0801 e. The summed E-state index contributed by atoms with van der Waals surface area (Å²) in [6.07, 6.45) is 5.28. The highest BCUT2D eigenvalue weighted by Gasteiger charge is 2.14. The van der Waals surface area contributed by atoms with Crippen molar-refractivity contribution in [1.82, 2.24) is 14.6 Å². The van der Waals surface area contributed by atoms with Crippen LogP contribution in [0.4, 0.5) is 0 Å². The normalized spacial score (nSPS) is 12.6. The molecular formula is C11H14N4S. The Morgan fingerprint density at radius 2 is 2.38 bits per heavy atom. The number of pyridine rings is 1. The van der Waals surface area contributed by atoms with Crippen LogP contribution in [-0.2, 0) is 12.8 Å². The molecular weight excluding hydrogens is 220 g/mol. The maximum atomic E-state index is 6.15. The summed E-state index contributed by atoms with van der Waals surface area (Å²) in [6.45, 7) is 2.07. The molecule has 2 N–H and O–H groups in total. The molecule has 2 aromatic rings. The van der Waals surface area contributed by atoms with Crippen LogP contribution in [0.5, 0.6) is 0 Å². The van der Waals surface area contributed by atoms with Gasteiger partial charge in [-0.25, -0.2) is 0 Å². The average molecular weight is 234 g/mol. The molecule has 4 nitrogen and oxygen atoms in total. The van der Waals surface area contributed by atoms with Crippen LogP contribution in [0.15, 0.2) is 24.5 Å². The zero-order valence-electron chi connectivity index (χ0n) is 9.13. The van der Waals surface area contributed by atoms with E-state index >= 15 is 0 Å². The van der Waals surface area contributed by atoms with Crippen molar-refractivity contribution in [2.24, 2.45) is 5.73 Å². The summed E-state index contributed by atoms with van der Waals surface area (Å²) in [5.74, 6) is 0. The van der Waals surface area contributed by atoms with Gasteiger partial charge in [-0.05, 0) is 36.0 Å². The lowest BCUT2D eigenvalue weighted by Crippen LogP contribution is -2.13. The van der Waals surface area contributed by atoms with Crippen molar-refractivity contribution in [3.05, 3.63) is 40.7 Å². The largest absolute Gasteiger partial charge is 0.323 e. The van der Waals surface area contributed by atoms with E-state index in [9.17, 15) is 0 Å². The molecule has 1 unspecified atom stereocenters. The van der Waals surface area contributed by atoms with E-state index in [0.717, 1.165) is 29.0 Å². The summed E-state index contributed by atoms with van der Waals surface area (Å²) < 4.78 is 3.95. The third-order valence-corrected chi connectivity index (χ3v) is 3.33. The quantitative estimate of drug-likeness (QED) is 0.875. The second kappa shape index (κ2) is 5.14. The fourth-order valence-corrected chi connectivity index (χ4v) is 2.34. The molecule has 0 bridgehead atoms. The van der Waals surface area contributed by atoms with Crippen LogP contribution in [-0.4, -0.2) is 14.6 Å². The molecule has 0 saturated heterocycles. The number of nitrogens with two attached hydrogens (primary N) is 1. The van der Waals surface area contributed by atoms with E-state index in [2.05, 4.69) is 21.5 Å². The average Bonchev–Trinajstić information content (AvgIpc) is 2.78. The molecule has 0 spiro atoms. The maximum absolute atomic E-state index is 6.15. The van der Waals surface area contributed by atoms with Gasteiger partial charge in [0.25, 0.3) is 0 Å². The van der Waals surface area contributed by atoms with Crippen LogP contribution in [0.3, 0.4) is 0 Å². The van der Waals surface area contributed by atoms with E-state index in [0.29, 0.717) is 0 Å². The van der Waals surface area contributed by atoms with Gasteiger partial charge in [0.1, 0.15) is 0 Å². The minimum Gasteiger partial charge on any atom is -0.323 e. The Morgan fingerprint density at radius 3 is 3.06 bits per heavy atom. The molecule has 0 amide bonds. The number of hydrogen-bond donors (Lipinski definition) is 1. The van der Waals surface area contributed by atoms with Gasteiger partial charge in [-0.3, -0.25) is 4.98 Å². The predicted molar refractivity (Wildman–Crippen MR) is 64.2 cm³/mol. The Bertz CT molecular complexity index is 440. The lowest BCUT2D eigenvalue weighted by molar-refractivity contribution is 0.720. The molecule has 0 aromatic carbocycles. The summed E-state index contributed by atoms with van der Waals surface area (Å²) in [5, 5.41) is 4.07. The molecule has 2 rings (SSSR count). The summed E-state index contributed by atoms with van der Waals surface area (Å²) in [6, 6.07) is 3.93. The van der Waals surface area contributed by atoms with Crippen LogP contribution >= 0.6 is 11.5 Å². The molecule has 5 heteroatoms. The van der Waals surface area contributed by atoms with Gasteiger partial charge in [-0.1, -0.05) is 17.5 Å². The topological polar surface area (TPSA) is 64.7 Å². The van der Waals surface area contributed by atoms with Crippen molar-refractivity contribution < 1.29 is 0 Å². The summed E-state index contributed by atoms with van der Waals surface area (Å²) in [7, 11) is 0. The van der Waals surface area contributed by atoms with Crippen LogP contribution < -0.4 is 5.73 Å². The fourth-order valence-electron chi connectivity index (χ4n) is 1.61. The molecule has 2 heterocycles. The SMILES string of the molecule is CCc1nnsc1C(N)Cc1cccnc1. The number of hydrogen-bond acceptors (Lipinski definition) is 5. The van der Waals surface area contributed by atoms with Crippen molar-refractivity contribution in [3.63, 3.8) is 0 Å². The van der Waals surface area contributed by atoms with Crippen molar-refractivity contribution in [2.75, 3.05) is 0 Å². The van der Waals surface area contributed by atoms with Gasteiger partial charge in [0.05, 0.1) is 10.6 Å². The highest BCUT2D eigenvalue weighted by Crippen LogP contribution is 2.21. The Hall–Kier alpha value is -1.33. The first kappa shape index (κ1) is 11.2. The first-order valence-corrected chi connectivity index (χ1v) is 6.04. The van der Waals surface area contributed by atoms with E-state index in [1.54, 1.807) is 6.20 Å². The van der Waals surface area contributed by atoms with Gasteiger partial charge in [0.2, 0.25) is 0 Å². The monoisotopic (exact) mass is 234 g/mol. The van der Waals surface area contributed by atoms with E-state index in [1.807, 2.05) is 18.3 Å². The molecule has 0 saturated carbocycles. The van der Waals surface area contributed by atoms with E-state index in [1.165, 1.54) is 11.5 Å². The highest BCUT2D eigenvalue weighted by molar-refractivity contribution is 7.05. The number of nitrogens with zero attached hydrogens (tertiary/aromatic N) is 3. The van der Waals surface area contributed by atoms with Gasteiger partial charge in [-0.2, -0.15) is 0 Å². The van der Waals surface area contributed by atoms with Crippen molar-refractivity contribution in [3.8, 4) is 0 Å². The minimum atomic E-state index is -0.0286. The van der Waals surface area contributed by atoms with Gasteiger partial charge in [-0.15, -0.1) is 5.10 Å². The molecule has 1 atom stereocenters. The van der Waals surface area contributed by atoms with Crippen molar-refractivity contribution in [1.29, 1.82) is 0 Å². The summed E-state index contributed by atoms with van der Waals surface area (Å²) in [4.78, 5) is 5.17. The summed E-state index contributed by atoms with van der Waals surface area (Å²) >= 11 is 1.39. The van der Waals surface area contributed by atoms with Crippen LogP contribution in [0, 0.1) is 0 Å². The minimum absolute atomic E-state index is 0.0286. The molecule has 0 radical (unpaired) electrons. The summed E-state index contributed by atoms with van der Waals surface area (Å²) in [5.41, 5.74) is 8.31. The van der Waals surface area contributed by atoms with Crippen LogP contribution in [0.25, 0.3) is 0 Å². The maximum Gasteiger partial charge on any atom is 0.0801 e. The Labute approximate surface area is 98.7 Å². The first-order valence-electron chi connectivity index (χ1n) is 5.27. The van der Waals surface area contributed by atoms with Gasteiger partial charge in [0.15, 0.2) is 0 Å². The zero-order valence-corrected chi connectivity index (χ0v) is 9.94. The third-order valence-electron chi connectivity index (χ3n) is 2.44. The second-order valence-electron chi connectivity index (χ2n) is 3.61. The number of aromatic nitrogens is 3.